The number of rotatable bonds is 6. The lowest BCUT2D eigenvalue weighted by molar-refractivity contribution is -0.0353. The van der Waals surface area contributed by atoms with E-state index >= 15 is 0 Å². The zero-order valence-electron chi connectivity index (χ0n) is 12.8. The van der Waals surface area contributed by atoms with Gasteiger partial charge in [0.1, 0.15) is 5.60 Å². The molecule has 0 amide bonds. The third kappa shape index (κ3) is 3.76. The molecule has 2 rings (SSSR count). The predicted octanol–water partition coefficient (Wildman–Crippen LogP) is 3.17. The summed E-state index contributed by atoms with van der Waals surface area (Å²) < 4.78 is 5.88. The van der Waals surface area contributed by atoms with E-state index in [9.17, 15) is 0 Å². The average Bonchev–Trinajstić information content (AvgIpc) is 2.74. The van der Waals surface area contributed by atoms with Gasteiger partial charge in [-0.2, -0.15) is 0 Å². The third-order valence-electron chi connectivity index (χ3n) is 4.16. The van der Waals surface area contributed by atoms with Crippen molar-refractivity contribution in [1.29, 1.82) is 0 Å². The highest BCUT2D eigenvalue weighted by Gasteiger charge is 2.35. The summed E-state index contributed by atoms with van der Waals surface area (Å²) in [4.78, 5) is 9.27. The predicted molar refractivity (Wildman–Crippen MR) is 80.4 cm³/mol. The first-order chi connectivity index (χ1) is 9.80. The van der Waals surface area contributed by atoms with E-state index in [1.807, 2.05) is 12.3 Å². The van der Waals surface area contributed by atoms with Gasteiger partial charge in [0.15, 0.2) is 5.82 Å². The van der Waals surface area contributed by atoms with Crippen LogP contribution in [0.15, 0.2) is 12.3 Å². The average molecular weight is 277 g/mol. The second-order valence-corrected chi connectivity index (χ2v) is 5.66. The topological polar surface area (TPSA) is 47.0 Å². The Morgan fingerprint density at radius 3 is 2.65 bits per heavy atom. The molecule has 0 spiro atoms. The van der Waals surface area contributed by atoms with Crippen molar-refractivity contribution in [2.24, 2.45) is 0 Å². The molecule has 0 unspecified atom stereocenters. The summed E-state index contributed by atoms with van der Waals surface area (Å²) in [7, 11) is 1.80. The van der Waals surface area contributed by atoms with Gasteiger partial charge >= 0.3 is 0 Å². The van der Waals surface area contributed by atoms with Gasteiger partial charge in [-0.05, 0) is 31.9 Å². The summed E-state index contributed by atoms with van der Waals surface area (Å²) >= 11 is 0. The summed E-state index contributed by atoms with van der Waals surface area (Å²) in [6, 6.07) is 1.99. The van der Waals surface area contributed by atoms with E-state index in [1.54, 1.807) is 7.11 Å². The van der Waals surface area contributed by atoms with Gasteiger partial charge in [0.05, 0.1) is 5.69 Å². The molecule has 0 aromatic carbocycles. The van der Waals surface area contributed by atoms with Gasteiger partial charge in [-0.25, -0.2) is 9.97 Å². The highest BCUT2D eigenvalue weighted by atomic mass is 16.5. The molecular formula is C16H27N3O. The van der Waals surface area contributed by atoms with Crippen LogP contribution in [0.25, 0.3) is 0 Å². The molecule has 112 valence electrons. The molecule has 1 saturated carbocycles. The summed E-state index contributed by atoms with van der Waals surface area (Å²) in [5.74, 6) is 0.873. The Balaban J connectivity index is 2.14. The van der Waals surface area contributed by atoms with Gasteiger partial charge in [0.25, 0.3) is 0 Å². The first kappa shape index (κ1) is 15.4. The molecule has 20 heavy (non-hydrogen) atoms. The van der Waals surface area contributed by atoms with Crippen LogP contribution in [0.2, 0.25) is 0 Å². The number of ether oxygens (including phenoxy) is 1. The minimum Gasteiger partial charge on any atom is -0.370 e. The minimum absolute atomic E-state index is 0.267. The van der Waals surface area contributed by atoms with E-state index in [0.29, 0.717) is 0 Å². The molecule has 1 aromatic rings. The maximum atomic E-state index is 5.88. The summed E-state index contributed by atoms with van der Waals surface area (Å²) in [6.07, 6.45) is 10.1. The van der Waals surface area contributed by atoms with Gasteiger partial charge in [0, 0.05) is 19.9 Å². The monoisotopic (exact) mass is 277 g/mol. The number of aromatic nitrogens is 2. The Labute approximate surface area is 122 Å². The van der Waals surface area contributed by atoms with E-state index in [4.69, 9.17) is 9.72 Å². The van der Waals surface area contributed by atoms with Crippen molar-refractivity contribution in [3.05, 3.63) is 23.8 Å². The number of hydrogen-bond donors (Lipinski definition) is 1. The number of nitrogens with one attached hydrogen (secondary N) is 1. The van der Waals surface area contributed by atoms with Crippen LogP contribution in [0.5, 0.6) is 0 Å². The maximum absolute atomic E-state index is 5.88. The van der Waals surface area contributed by atoms with Crippen LogP contribution in [0, 0.1) is 0 Å². The Kier molecular flexibility index (Phi) is 5.92. The van der Waals surface area contributed by atoms with Crippen molar-refractivity contribution in [3.63, 3.8) is 0 Å². The molecular weight excluding hydrogens is 250 g/mol. The second kappa shape index (κ2) is 7.70. The molecule has 1 heterocycles. The molecule has 0 atom stereocenters. The SMILES string of the molecule is CCCNCc1ccnc(C2(OC)CCCCCC2)n1. The normalized spacial score (nSPS) is 18.7. The van der Waals surface area contributed by atoms with Crippen LogP contribution >= 0.6 is 0 Å². The van der Waals surface area contributed by atoms with Crippen molar-refractivity contribution in [2.45, 2.75) is 64.0 Å². The van der Waals surface area contributed by atoms with E-state index in [2.05, 4.69) is 17.2 Å². The molecule has 0 saturated heterocycles. The Hall–Kier alpha value is -1.00. The fourth-order valence-electron chi connectivity index (χ4n) is 2.93. The fraction of sp³-hybridized carbons (Fsp3) is 0.750. The largest absolute Gasteiger partial charge is 0.370 e. The van der Waals surface area contributed by atoms with E-state index in [1.165, 1.54) is 25.7 Å². The minimum atomic E-state index is -0.267. The standard InChI is InChI=1S/C16H27N3O/c1-3-11-17-13-14-8-12-18-15(19-14)16(20-2)9-6-4-5-7-10-16/h8,12,17H,3-7,9-11,13H2,1-2H3. The lowest BCUT2D eigenvalue weighted by Gasteiger charge is -2.29. The molecule has 0 aliphatic heterocycles. The molecule has 0 radical (unpaired) electrons. The Morgan fingerprint density at radius 2 is 2.00 bits per heavy atom. The number of methoxy groups -OCH3 is 1. The van der Waals surface area contributed by atoms with Crippen molar-refractivity contribution in [3.8, 4) is 0 Å². The van der Waals surface area contributed by atoms with Crippen molar-refractivity contribution >= 4 is 0 Å². The van der Waals surface area contributed by atoms with Crippen LogP contribution in [0.3, 0.4) is 0 Å². The number of hydrogen-bond acceptors (Lipinski definition) is 4. The zero-order chi connectivity index (χ0) is 14.3. The first-order valence-corrected chi connectivity index (χ1v) is 7.89. The van der Waals surface area contributed by atoms with E-state index in [-0.39, 0.29) is 5.60 Å². The smallest absolute Gasteiger partial charge is 0.160 e. The van der Waals surface area contributed by atoms with Crippen molar-refractivity contribution in [1.82, 2.24) is 15.3 Å². The molecule has 4 nitrogen and oxygen atoms in total. The molecule has 1 aliphatic rings. The quantitative estimate of drug-likeness (QED) is 0.641. The van der Waals surface area contributed by atoms with Gasteiger partial charge < -0.3 is 10.1 Å². The molecule has 1 fully saturated rings. The van der Waals surface area contributed by atoms with Gasteiger partial charge in [0.2, 0.25) is 0 Å². The summed E-state index contributed by atoms with van der Waals surface area (Å²) in [5, 5.41) is 3.39. The van der Waals surface area contributed by atoms with Crippen LogP contribution in [-0.2, 0) is 16.9 Å². The van der Waals surface area contributed by atoms with Crippen LogP contribution in [-0.4, -0.2) is 23.6 Å². The van der Waals surface area contributed by atoms with Crippen LogP contribution in [0.4, 0.5) is 0 Å². The first-order valence-electron chi connectivity index (χ1n) is 7.89. The molecule has 1 N–H and O–H groups in total. The molecule has 0 bridgehead atoms. The highest BCUT2D eigenvalue weighted by molar-refractivity contribution is 5.09. The van der Waals surface area contributed by atoms with E-state index in [0.717, 1.165) is 43.9 Å². The Bertz CT molecular complexity index is 400. The van der Waals surface area contributed by atoms with Crippen molar-refractivity contribution < 1.29 is 4.74 Å². The van der Waals surface area contributed by atoms with E-state index < -0.39 is 0 Å². The highest BCUT2D eigenvalue weighted by Crippen LogP contribution is 2.37. The van der Waals surface area contributed by atoms with Crippen LogP contribution < -0.4 is 5.32 Å². The van der Waals surface area contributed by atoms with Crippen LogP contribution in [0.1, 0.15) is 63.4 Å². The zero-order valence-corrected chi connectivity index (χ0v) is 12.8. The summed E-state index contributed by atoms with van der Waals surface area (Å²) in [6.45, 7) is 4.00. The lowest BCUT2D eigenvalue weighted by Crippen LogP contribution is -2.31. The second-order valence-electron chi connectivity index (χ2n) is 5.66. The van der Waals surface area contributed by atoms with Gasteiger partial charge in [-0.3, -0.25) is 0 Å². The lowest BCUT2D eigenvalue weighted by atomic mass is 9.93. The summed E-state index contributed by atoms with van der Waals surface area (Å²) in [5.41, 5.74) is 0.793. The Morgan fingerprint density at radius 1 is 1.25 bits per heavy atom. The van der Waals surface area contributed by atoms with Gasteiger partial charge in [-0.15, -0.1) is 0 Å². The van der Waals surface area contributed by atoms with Crippen molar-refractivity contribution in [2.75, 3.05) is 13.7 Å². The molecule has 4 heteroatoms. The molecule has 1 aromatic heterocycles. The fourth-order valence-corrected chi connectivity index (χ4v) is 2.93. The number of nitrogens with zero attached hydrogens (tertiary/aromatic N) is 2. The van der Waals surface area contributed by atoms with Gasteiger partial charge in [-0.1, -0.05) is 32.6 Å². The molecule has 1 aliphatic carbocycles. The maximum Gasteiger partial charge on any atom is 0.160 e. The third-order valence-corrected chi connectivity index (χ3v) is 4.16.